The average Bonchev–Trinajstić information content (AvgIpc) is 2.79. The lowest BCUT2D eigenvalue weighted by Crippen LogP contribution is -2.47. The molecule has 20 heavy (non-hydrogen) atoms. The SMILES string of the molecule is Cc1ccncc1CNC(=O)N1CCC(C)C1C(=O)O. The smallest absolute Gasteiger partial charge is 0.326 e. The summed E-state index contributed by atoms with van der Waals surface area (Å²) >= 11 is 0. The van der Waals surface area contributed by atoms with Gasteiger partial charge in [-0.3, -0.25) is 4.98 Å². The van der Waals surface area contributed by atoms with E-state index in [0.717, 1.165) is 17.5 Å². The van der Waals surface area contributed by atoms with Gasteiger partial charge in [-0.25, -0.2) is 9.59 Å². The van der Waals surface area contributed by atoms with E-state index in [1.807, 2.05) is 19.9 Å². The number of nitrogens with one attached hydrogen (secondary N) is 1. The number of rotatable bonds is 3. The molecule has 0 saturated carbocycles. The largest absolute Gasteiger partial charge is 0.480 e. The maximum absolute atomic E-state index is 12.1. The molecule has 0 aromatic carbocycles. The van der Waals surface area contributed by atoms with Crippen LogP contribution in [-0.2, 0) is 11.3 Å². The van der Waals surface area contributed by atoms with Gasteiger partial charge < -0.3 is 15.3 Å². The molecule has 6 nitrogen and oxygen atoms in total. The van der Waals surface area contributed by atoms with E-state index in [9.17, 15) is 14.7 Å². The molecule has 0 radical (unpaired) electrons. The van der Waals surface area contributed by atoms with Gasteiger partial charge in [-0.1, -0.05) is 6.92 Å². The zero-order chi connectivity index (χ0) is 14.7. The lowest BCUT2D eigenvalue weighted by Gasteiger charge is -2.23. The number of urea groups is 1. The number of carboxylic acids is 1. The predicted molar refractivity (Wildman–Crippen MR) is 73.1 cm³/mol. The van der Waals surface area contributed by atoms with E-state index >= 15 is 0 Å². The zero-order valence-corrected chi connectivity index (χ0v) is 11.7. The van der Waals surface area contributed by atoms with Crippen molar-refractivity contribution in [3.63, 3.8) is 0 Å². The van der Waals surface area contributed by atoms with Crippen LogP contribution >= 0.6 is 0 Å². The van der Waals surface area contributed by atoms with Crippen molar-refractivity contribution in [3.05, 3.63) is 29.6 Å². The lowest BCUT2D eigenvalue weighted by atomic mass is 10.0. The number of aromatic nitrogens is 1. The molecule has 2 amide bonds. The molecular weight excluding hydrogens is 258 g/mol. The first-order valence-corrected chi connectivity index (χ1v) is 6.67. The second-order valence-corrected chi connectivity index (χ2v) is 5.20. The number of carbonyl (C=O) groups is 2. The molecular formula is C14H19N3O3. The predicted octanol–water partition coefficient (Wildman–Crippen LogP) is 1.39. The molecule has 1 aliphatic rings. The highest BCUT2D eigenvalue weighted by Crippen LogP contribution is 2.24. The molecule has 1 aromatic heterocycles. The fraction of sp³-hybridized carbons (Fsp3) is 0.500. The van der Waals surface area contributed by atoms with E-state index in [4.69, 9.17) is 0 Å². The van der Waals surface area contributed by atoms with E-state index in [-0.39, 0.29) is 11.9 Å². The van der Waals surface area contributed by atoms with Gasteiger partial charge in [0.25, 0.3) is 0 Å². The van der Waals surface area contributed by atoms with Crippen molar-refractivity contribution in [2.24, 2.45) is 5.92 Å². The molecule has 2 rings (SSSR count). The van der Waals surface area contributed by atoms with Gasteiger partial charge in [0.15, 0.2) is 0 Å². The molecule has 108 valence electrons. The highest BCUT2D eigenvalue weighted by Gasteiger charge is 2.39. The fourth-order valence-corrected chi connectivity index (χ4v) is 2.51. The van der Waals surface area contributed by atoms with E-state index in [1.54, 1.807) is 12.4 Å². The van der Waals surface area contributed by atoms with Crippen LogP contribution in [0.2, 0.25) is 0 Å². The van der Waals surface area contributed by atoms with E-state index in [1.165, 1.54) is 4.90 Å². The van der Waals surface area contributed by atoms with Gasteiger partial charge in [-0.15, -0.1) is 0 Å². The summed E-state index contributed by atoms with van der Waals surface area (Å²) in [5.74, 6) is -0.957. The van der Waals surface area contributed by atoms with Gasteiger partial charge in [-0.05, 0) is 36.5 Å². The number of carboxylic acid groups (broad SMARTS) is 1. The van der Waals surface area contributed by atoms with Crippen molar-refractivity contribution in [3.8, 4) is 0 Å². The normalized spacial score (nSPS) is 21.8. The fourth-order valence-electron chi connectivity index (χ4n) is 2.51. The van der Waals surface area contributed by atoms with Crippen molar-refractivity contribution >= 4 is 12.0 Å². The van der Waals surface area contributed by atoms with E-state index < -0.39 is 12.0 Å². The summed E-state index contributed by atoms with van der Waals surface area (Å²) < 4.78 is 0. The Morgan fingerprint density at radius 1 is 1.55 bits per heavy atom. The summed E-state index contributed by atoms with van der Waals surface area (Å²) in [5, 5.41) is 12.0. The van der Waals surface area contributed by atoms with Gasteiger partial charge in [0.1, 0.15) is 6.04 Å². The molecule has 0 aliphatic carbocycles. The number of hydrogen-bond donors (Lipinski definition) is 2. The van der Waals surface area contributed by atoms with E-state index in [2.05, 4.69) is 10.3 Å². The van der Waals surface area contributed by atoms with Crippen molar-refractivity contribution in [2.75, 3.05) is 6.54 Å². The van der Waals surface area contributed by atoms with Crippen molar-refractivity contribution in [1.82, 2.24) is 15.2 Å². The molecule has 2 atom stereocenters. The molecule has 1 saturated heterocycles. The van der Waals surface area contributed by atoms with Gasteiger partial charge in [0, 0.05) is 25.5 Å². The Morgan fingerprint density at radius 3 is 2.95 bits per heavy atom. The first-order valence-electron chi connectivity index (χ1n) is 6.67. The number of hydrogen-bond acceptors (Lipinski definition) is 3. The van der Waals surface area contributed by atoms with Crippen molar-refractivity contribution in [1.29, 1.82) is 0 Å². The first kappa shape index (κ1) is 14.3. The van der Waals surface area contributed by atoms with Crippen LogP contribution in [0, 0.1) is 12.8 Å². The van der Waals surface area contributed by atoms with Crippen LogP contribution in [-0.4, -0.2) is 39.6 Å². The monoisotopic (exact) mass is 277 g/mol. The third kappa shape index (κ3) is 2.89. The first-order chi connectivity index (χ1) is 9.50. The molecule has 2 N–H and O–H groups in total. The molecule has 1 aromatic rings. The lowest BCUT2D eigenvalue weighted by molar-refractivity contribution is -0.142. The molecule has 0 bridgehead atoms. The van der Waals surface area contributed by atoms with Gasteiger partial charge in [0.05, 0.1) is 0 Å². The van der Waals surface area contributed by atoms with Gasteiger partial charge in [-0.2, -0.15) is 0 Å². The standard InChI is InChI=1S/C14H19N3O3/c1-9-3-5-15-7-11(9)8-16-14(20)17-6-4-10(2)12(17)13(18)19/h3,5,7,10,12H,4,6,8H2,1-2H3,(H,16,20)(H,18,19). The highest BCUT2D eigenvalue weighted by molar-refractivity contribution is 5.83. The minimum absolute atomic E-state index is 0.0154. The van der Waals surface area contributed by atoms with Crippen LogP contribution in [0.15, 0.2) is 18.5 Å². The summed E-state index contributed by atoms with van der Waals surface area (Å²) in [5.41, 5.74) is 1.98. The average molecular weight is 277 g/mol. The van der Waals surface area contributed by atoms with Crippen LogP contribution in [0.25, 0.3) is 0 Å². The van der Waals surface area contributed by atoms with Crippen LogP contribution in [0.1, 0.15) is 24.5 Å². The topological polar surface area (TPSA) is 82.5 Å². The summed E-state index contributed by atoms with van der Waals surface area (Å²) in [4.78, 5) is 28.8. The number of nitrogens with zero attached hydrogens (tertiary/aromatic N) is 2. The number of likely N-dealkylation sites (tertiary alicyclic amines) is 1. The second kappa shape index (κ2) is 5.90. The molecule has 1 fully saturated rings. The van der Waals surface area contributed by atoms with Gasteiger partial charge >= 0.3 is 12.0 Å². The number of pyridine rings is 1. The minimum atomic E-state index is -0.942. The number of amides is 2. The molecule has 6 heteroatoms. The maximum Gasteiger partial charge on any atom is 0.326 e. The maximum atomic E-state index is 12.1. The number of aryl methyl sites for hydroxylation is 1. The van der Waals surface area contributed by atoms with Crippen LogP contribution in [0.5, 0.6) is 0 Å². The Balaban J connectivity index is 1.99. The summed E-state index contributed by atoms with van der Waals surface area (Å²) in [6.45, 7) is 4.64. The van der Waals surface area contributed by atoms with Crippen molar-refractivity contribution < 1.29 is 14.7 Å². The molecule has 2 unspecified atom stereocenters. The summed E-state index contributed by atoms with van der Waals surface area (Å²) in [7, 11) is 0. The highest BCUT2D eigenvalue weighted by atomic mass is 16.4. The Morgan fingerprint density at radius 2 is 2.30 bits per heavy atom. The summed E-state index contributed by atoms with van der Waals surface area (Å²) in [6.07, 6.45) is 4.12. The number of carbonyl (C=O) groups excluding carboxylic acids is 1. The Bertz CT molecular complexity index is 518. The third-order valence-electron chi connectivity index (χ3n) is 3.79. The van der Waals surface area contributed by atoms with E-state index in [0.29, 0.717) is 13.1 Å². The molecule has 2 heterocycles. The second-order valence-electron chi connectivity index (χ2n) is 5.20. The van der Waals surface area contributed by atoms with Crippen LogP contribution < -0.4 is 5.32 Å². The summed E-state index contributed by atoms with van der Waals surface area (Å²) in [6, 6.07) is 0.814. The van der Waals surface area contributed by atoms with Crippen molar-refractivity contribution in [2.45, 2.75) is 32.9 Å². The number of aliphatic carboxylic acids is 1. The molecule has 1 aliphatic heterocycles. The Labute approximate surface area is 117 Å². The Hall–Kier alpha value is -2.11. The third-order valence-corrected chi connectivity index (χ3v) is 3.79. The Kier molecular flexibility index (Phi) is 4.22. The molecule has 0 spiro atoms. The zero-order valence-electron chi connectivity index (χ0n) is 11.7. The van der Waals surface area contributed by atoms with Gasteiger partial charge in [0.2, 0.25) is 0 Å². The van der Waals surface area contributed by atoms with Crippen LogP contribution in [0.4, 0.5) is 4.79 Å². The quantitative estimate of drug-likeness (QED) is 0.874. The van der Waals surface area contributed by atoms with Crippen LogP contribution in [0.3, 0.4) is 0 Å². The minimum Gasteiger partial charge on any atom is -0.480 e.